The van der Waals surface area contributed by atoms with Crippen LogP contribution in [0.2, 0.25) is 0 Å². The maximum atomic E-state index is 5.50. The molecule has 0 radical (unpaired) electrons. The van der Waals surface area contributed by atoms with Crippen molar-refractivity contribution < 1.29 is 9.57 Å². The van der Waals surface area contributed by atoms with Crippen LogP contribution in [0, 0.1) is 11.8 Å². The van der Waals surface area contributed by atoms with Gasteiger partial charge in [0, 0.05) is 0 Å². The van der Waals surface area contributed by atoms with E-state index in [1.807, 2.05) is 6.92 Å². The lowest BCUT2D eigenvalue weighted by Crippen LogP contribution is -2.42. The molecule has 3 nitrogen and oxygen atoms in total. The first-order valence-electron chi connectivity index (χ1n) is 4.47. The Morgan fingerprint density at radius 3 is 2.92 bits per heavy atom. The molecule has 2 aliphatic heterocycles. The minimum Gasteiger partial charge on any atom is -0.386 e. The molecule has 0 aromatic rings. The predicted octanol–water partition coefficient (Wildman–Crippen LogP) is 1.43. The first kappa shape index (κ1) is 8.05. The lowest BCUT2D eigenvalue weighted by atomic mass is 9.80. The zero-order chi connectivity index (χ0) is 8.77. The second-order valence-electron chi connectivity index (χ2n) is 4.00. The smallest absolute Gasteiger partial charge is 0.173 e. The van der Waals surface area contributed by atoms with E-state index in [1.54, 1.807) is 0 Å². The molecule has 0 aliphatic carbocycles. The van der Waals surface area contributed by atoms with Crippen LogP contribution in [-0.2, 0) is 9.57 Å². The molecule has 0 aromatic carbocycles. The summed E-state index contributed by atoms with van der Waals surface area (Å²) in [6.07, 6.45) is 0. The van der Waals surface area contributed by atoms with Crippen molar-refractivity contribution in [2.24, 2.45) is 17.0 Å². The summed E-state index contributed by atoms with van der Waals surface area (Å²) in [5.41, 5.74) is 0.936. The van der Waals surface area contributed by atoms with Gasteiger partial charge < -0.3 is 9.57 Å². The van der Waals surface area contributed by atoms with Crippen LogP contribution in [0.3, 0.4) is 0 Å². The van der Waals surface area contributed by atoms with E-state index in [2.05, 4.69) is 19.0 Å². The summed E-state index contributed by atoms with van der Waals surface area (Å²) in [7, 11) is 0. The lowest BCUT2D eigenvalue weighted by molar-refractivity contribution is -0.0728. The van der Waals surface area contributed by atoms with Gasteiger partial charge in [-0.25, -0.2) is 0 Å². The Morgan fingerprint density at radius 2 is 2.33 bits per heavy atom. The molecule has 2 unspecified atom stereocenters. The van der Waals surface area contributed by atoms with Crippen molar-refractivity contribution in [3.05, 3.63) is 0 Å². The molecule has 2 aliphatic rings. The summed E-state index contributed by atoms with van der Waals surface area (Å²) >= 11 is 0. The van der Waals surface area contributed by atoms with Gasteiger partial charge in [0.05, 0.1) is 24.8 Å². The topological polar surface area (TPSA) is 30.8 Å². The average molecular weight is 169 g/mol. The summed E-state index contributed by atoms with van der Waals surface area (Å²) in [5, 5.41) is 4.05. The van der Waals surface area contributed by atoms with Gasteiger partial charge in [-0.15, -0.1) is 0 Å². The van der Waals surface area contributed by atoms with Crippen molar-refractivity contribution in [2.75, 3.05) is 13.2 Å². The third-order valence-corrected chi connectivity index (χ3v) is 3.04. The molecule has 1 saturated heterocycles. The molecule has 2 atom stereocenters. The fourth-order valence-electron chi connectivity index (χ4n) is 2.04. The van der Waals surface area contributed by atoms with Gasteiger partial charge in [0.1, 0.15) is 0 Å². The van der Waals surface area contributed by atoms with Gasteiger partial charge in [0.25, 0.3) is 0 Å². The Bertz CT molecular complexity index is 225. The standard InChI is InChI=1S/C9H15NO2/c1-6(2)9-5-11-4-8(9)7(3)10-12-9/h6,8H,4-5H2,1-3H3. The maximum Gasteiger partial charge on any atom is 0.173 e. The molecule has 0 N–H and O–H groups in total. The zero-order valence-electron chi connectivity index (χ0n) is 7.83. The van der Waals surface area contributed by atoms with E-state index in [-0.39, 0.29) is 5.60 Å². The van der Waals surface area contributed by atoms with Crippen LogP contribution in [0.4, 0.5) is 0 Å². The van der Waals surface area contributed by atoms with E-state index in [4.69, 9.17) is 9.57 Å². The molecular formula is C9H15NO2. The van der Waals surface area contributed by atoms with Crippen LogP contribution >= 0.6 is 0 Å². The van der Waals surface area contributed by atoms with Gasteiger partial charge in [-0.1, -0.05) is 19.0 Å². The Hall–Kier alpha value is -0.570. The highest BCUT2D eigenvalue weighted by molar-refractivity contribution is 5.86. The predicted molar refractivity (Wildman–Crippen MR) is 46.1 cm³/mol. The van der Waals surface area contributed by atoms with E-state index >= 15 is 0 Å². The van der Waals surface area contributed by atoms with Gasteiger partial charge in [0.15, 0.2) is 5.60 Å². The van der Waals surface area contributed by atoms with Crippen molar-refractivity contribution in [1.82, 2.24) is 0 Å². The second-order valence-corrected chi connectivity index (χ2v) is 4.00. The number of hydrogen-bond acceptors (Lipinski definition) is 3. The SMILES string of the molecule is CC1=NOC2(C(C)C)COCC12. The Morgan fingerprint density at radius 1 is 1.58 bits per heavy atom. The third kappa shape index (κ3) is 0.829. The average Bonchev–Trinajstić information content (AvgIpc) is 2.53. The number of nitrogens with zero attached hydrogens (tertiary/aromatic N) is 1. The number of oxime groups is 1. The molecule has 2 rings (SSSR count). The van der Waals surface area contributed by atoms with Gasteiger partial charge in [-0.2, -0.15) is 0 Å². The van der Waals surface area contributed by atoms with Crippen LogP contribution in [-0.4, -0.2) is 24.5 Å². The monoisotopic (exact) mass is 169 g/mol. The van der Waals surface area contributed by atoms with Gasteiger partial charge in [-0.3, -0.25) is 0 Å². The Kier molecular flexibility index (Phi) is 1.65. The maximum absolute atomic E-state index is 5.50. The van der Waals surface area contributed by atoms with Crippen molar-refractivity contribution in [1.29, 1.82) is 0 Å². The first-order valence-corrected chi connectivity index (χ1v) is 4.47. The number of rotatable bonds is 1. The molecule has 68 valence electrons. The summed E-state index contributed by atoms with van der Waals surface area (Å²) in [5.74, 6) is 0.851. The van der Waals surface area contributed by atoms with E-state index in [1.165, 1.54) is 0 Å². The van der Waals surface area contributed by atoms with E-state index in [0.717, 1.165) is 12.3 Å². The van der Waals surface area contributed by atoms with Crippen molar-refractivity contribution in [3.63, 3.8) is 0 Å². The molecule has 0 aromatic heterocycles. The quantitative estimate of drug-likeness (QED) is 0.594. The van der Waals surface area contributed by atoms with Gasteiger partial charge >= 0.3 is 0 Å². The fourth-order valence-corrected chi connectivity index (χ4v) is 2.04. The number of fused-ring (bicyclic) bond motifs is 1. The van der Waals surface area contributed by atoms with E-state index in [0.29, 0.717) is 18.4 Å². The molecular weight excluding hydrogens is 154 g/mol. The Labute approximate surface area is 72.7 Å². The fraction of sp³-hybridized carbons (Fsp3) is 0.889. The summed E-state index contributed by atoms with van der Waals surface area (Å²) < 4.78 is 5.44. The molecule has 0 amide bonds. The largest absolute Gasteiger partial charge is 0.386 e. The second kappa shape index (κ2) is 2.46. The normalized spacial score (nSPS) is 39.7. The Balaban J connectivity index is 2.27. The number of ether oxygens (including phenoxy) is 1. The molecule has 12 heavy (non-hydrogen) atoms. The highest BCUT2D eigenvalue weighted by Crippen LogP contribution is 2.41. The molecule has 1 fully saturated rings. The van der Waals surface area contributed by atoms with Crippen LogP contribution < -0.4 is 0 Å². The summed E-state index contributed by atoms with van der Waals surface area (Å²) in [6.45, 7) is 7.80. The first-order chi connectivity index (χ1) is 5.67. The van der Waals surface area contributed by atoms with Crippen molar-refractivity contribution in [3.8, 4) is 0 Å². The lowest BCUT2D eigenvalue weighted by Gasteiger charge is -2.28. The van der Waals surface area contributed by atoms with Crippen LogP contribution in [0.1, 0.15) is 20.8 Å². The van der Waals surface area contributed by atoms with Crippen LogP contribution in [0.15, 0.2) is 5.16 Å². The molecule has 0 saturated carbocycles. The van der Waals surface area contributed by atoms with Gasteiger partial charge in [-0.05, 0) is 12.8 Å². The van der Waals surface area contributed by atoms with E-state index < -0.39 is 0 Å². The minimum atomic E-state index is -0.149. The summed E-state index contributed by atoms with van der Waals surface area (Å²) in [4.78, 5) is 5.50. The molecule has 0 bridgehead atoms. The van der Waals surface area contributed by atoms with Crippen LogP contribution in [0.25, 0.3) is 0 Å². The van der Waals surface area contributed by atoms with Gasteiger partial charge in [0.2, 0.25) is 0 Å². The van der Waals surface area contributed by atoms with E-state index in [9.17, 15) is 0 Å². The molecule has 0 spiro atoms. The molecule has 3 heteroatoms. The highest BCUT2D eigenvalue weighted by Gasteiger charge is 2.54. The van der Waals surface area contributed by atoms with Crippen molar-refractivity contribution in [2.45, 2.75) is 26.4 Å². The molecule has 2 heterocycles. The highest BCUT2D eigenvalue weighted by atomic mass is 16.7. The third-order valence-electron chi connectivity index (χ3n) is 3.04. The van der Waals surface area contributed by atoms with Crippen LogP contribution in [0.5, 0.6) is 0 Å². The zero-order valence-corrected chi connectivity index (χ0v) is 7.83. The van der Waals surface area contributed by atoms with Crippen molar-refractivity contribution >= 4 is 5.71 Å². The summed E-state index contributed by atoms with van der Waals surface area (Å²) in [6, 6.07) is 0. The number of hydrogen-bond donors (Lipinski definition) is 0. The minimum absolute atomic E-state index is 0.149.